The van der Waals surface area contributed by atoms with Gasteiger partial charge in [-0.1, -0.05) is 0 Å². The zero-order chi connectivity index (χ0) is 13.9. The van der Waals surface area contributed by atoms with E-state index in [1.54, 1.807) is 24.5 Å². The number of nitrogens with zero attached hydrogens (tertiary/aromatic N) is 1. The maximum atomic E-state index is 11.0. The normalized spacial score (nSPS) is 11.7. The molecule has 0 amide bonds. The standard InChI is InChI=1S/C15H20N2O2/c1-15(2,3)16-10-13-4-5-14(19-13)11-17-8-6-12(18)7-9-17/h4-9,16H,10-11H2,1-3H3. The van der Waals surface area contributed by atoms with E-state index in [0.29, 0.717) is 13.1 Å². The maximum Gasteiger partial charge on any atom is 0.181 e. The summed E-state index contributed by atoms with van der Waals surface area (Å²) in [5, 5.41) is 3.38. The van der Waals surface area contributed by atoms with Crippen LogP contribution in [-0.2, 0) is 13.1 Å². The Labute approximate surface area is 113 Å². The highest BCUT2D eigenvalue weighted by Crippen LogP contribution is 2.10. The third-order valence-electron chi connectivity index (χ3n) is 2.71. The van der Waals surface area contributed by atoms with Crippen molar-refractivity contribution in [1.82, 2.24) is 9.88 Å². The van der Waals surface area contributed by atoms with Crippen LogP contribution in [0.3, 0.4) is 0 Å². The van der Waals surface area contributed by atoms with Gasteiger partial charge in [-0.3, -0.25) is 4.79 Å². The summed E-state index contributed by atoms with van der Waals surface area (Å²) >= 11 is 0. The second-order valence-corrected chi connectivity index (χ2v) is 5.68. The molecule has 2 heterocycles. The van der Waals surface area contributed by atoms with Gasteiger partial charge in [-0.15, -0.1) is 0 Å². The van der Waals surface area contributed by atoms with E-state index in [0.717, 1.165) is 11.5 Å². The van der Waals surface area contributed by atoms with Crippen LogP contribution in [0.1, 0.15) is 32.3 Å². The quantitative estimate of drug-likeness (QED) is 0.918. The van der Waals surface area contributed by atoms with Gasteiger partial charge in [0.25, 0.3) is 0 Å². The van der Waals surface area contributed by atoms with Gasteiger partial charge in [0.1, 0.15) is 11.5 Å². The van der Waals surface area contributed by atoms with E-state index in [1.165, 1.54) is 0 Å². The average Bonchev–Trinajstić information content (AvgIpc) is 2.77. The van der Waals surface area contributed by atoms with Crippen molar-refractivity contribution < 1.29 is 4.42 Å². The summed E-state index contributed by atoms with van der Waals surface area (Å²) in [6.07, 6.45) is 3.52. The van der Waals surface area contributed by atoms with Crippen LogP contribution in [0, 0.1) is 0 Å². The lowest BCUT2D eigenvalue weighted by molar-refractivity contribution is 0.376. The molecule has 4 nitrogen and oxygen atoms in total. The van der Waals surface area contributed by atoms with Gasteiger partial charge in [-0.2, -0.15) is 0 Å². The summed E-state index contributed by atoms with van der Waals surface area (Å²) in [5.41, 5.74) is 0.0943. The first-order valence-electron chi connectivity index (χ1n) is 6.41. The molecule has 1 N–H and O–H groups in total. The minimum atomic E-state index is 0.0192. The van der Waals surface area contributed by atoms with Crippen molar-refractivity contribution in [3.8, 4) is 0 Å². The predicted octanol–water partition coefficient (Wildman–Crippen LogP) is 2.38. The lowest BCUT2D eigenvalue weighted by atomic mass is 10.1. The molecule has 0 unspecified atom stereocenters. The van der Waals surface area contributed by atoms with E-state index >= 15 is 0 Å². The van der Waals surface area contributed by atoms with Crippen molar-refractivity contribution in [1.29, 1.82) is 0 Å². The second kappa shape index (κ2) is 5.45. The van der Waals surface area contributed by atoms with Gasteiger partial charge in [0.2, 0.25) is 0 Å². The first-order chi connectivity index (χ1) is 8.92. The minimum absolute atomic E-state index is 0.0192. The zero-order valence-corrected chi connectivity index (χ0v) is 11.6. The largest absolute Gasteiger partial charge is 0.463 e. The fourth-order valence-electron chi connectivity index (χ4n) is 1.68. The predicted molar refractivity (Wildman–Crippen MR) is 75.1 cm³/mol. The fourth-order valence-corrected chi connectivity index (χ4v) is 1.68. The van der Waals surface area contributed by atoms with Crippen molar-refractivity contribution in [2.24, 2.45) is 0 Å². The van der Waals surface area contributed by atoms with E-state index in [4.69, 9.17) is 4.42 Å². The first-order valence-corrected chi connectivity index (χ1v) is 6.41. The van der Waals surface area contributed by atoms with Crippen molar-refractivity contribution in [3.63, 3.8) is 0 Å². The average molecular weight is 260 g/mol. The molecule has 0 aromatic carbocycles. The van der Waals surface area contributed by atoms with Crippen LogP contribution in [0.4, 0.5) is 0 Å². The molecule has 0 saturated carbocycles. The number of aromatic nitrogens is 1. The zero-order valence-electron chi connectivity index (χ0n) is 11.6. The molecule has 0 radical (unpaired) electrons. The van der Waals surface area contributed by atoms with Crippen molar-refractivity contribution in [3.05, 3.63) is 58.4 Å². The van der Waals surface area contributed by atoms with Gasteiger partial charge in [-0.25, -0.2) is 0 Å². The van der Waals surface area contributed by atoms with E-state index in [-0.39, 0.29) is 11.0 Å². The van der Waals surface area contributed by atoms with Crippen LogP contribution in [-0.4, -0.2) is 10.1 Å². The van der Waals surface area contributed by atoms with Crippen LogP contribution in [0.15, 0.2) is 45.9 Å². The highest BCUT2D eigenvalue weighted by molar-refractivity contribution is 5.08. The molecule has 0 saturated heterocycles. The summed E-state index contributed by atoms with van der Waals surface area (Å²) in [5.74, 6) is 1.81. The fraction of sp³-hybridized carbons (Fsp3) is 0.400. The molecule has 0 atom stereocenters. The summed E-state index contributed by atoms with van der Waals surface area (Å²) in [6, 6.07) is 7.05. The number of pyridine rings is 1. The molecule has 2 rings (SSSR count). The minimum Gasteiger partial charge on any atom is -0.463 e. The lowest BCUT2D eigenvalue weighted by Crippen LogP contribution is -2.34. The topological polar surface area (TPSA) is 47.2 Å². The van der Waals surface area contributed by atoms with E-state index < -0.39 is 0 Å². The Hall–Kier alpha value is -1.81. The molecule has 4 heteroatoms. The van der Waals surface area contributed by atoms with Crippen LogP contribution in [0.2, 0.25) is 0 Å². The highest BCUT2D eigenvalue weighted by Gasteiger charge is 2.10. The number of nitrogens with one attached hydrogen (secondary N) is 1. The Morgan fingerprint density at radius 3 is 2.37 bits per heavy atom. The van der Waals surface area contributed by atoms with Crippen molar-refractivity contribution >= 4 is 0 Å². The van der Waals surface area contributed by atoms with Gasteiger partial charge in [0, 0.05) is 30.1 Å². The van der Waals surface area contributed by atoms with Crippen LogP contribution in [0.5, 0.6) is 0 Å². The molecule has 0 bridgehead atoms. The monoisotopic (exact) mass is 260 g/mol. The molecule has 0 aliphatic rings. The Morgan fingerprint density at radius 1 is 1.11 bits per heavy atom. The second-order valence-electron chi connectivity index (χ2n) is 5.68. The van der Waals surface area contributed by atoms with E-state index in [2.05, 4.69) is 26.1 Å². The number of furan rings is 1. The van der Waals surface area contributed by atoms with Crippen LogP contribution < -0.4 is 10.7 Å². The first kappa shape index (κ1) is 13.6. The van der Waals surface area contributed by atoms with Crippen LogP contribution >= 0.6 is 0 Å². The highest BCUT2D eigenvalue weighted by atomic mass is 16.3. The molecular formula is C15H20N2O2. The molecule has 0 spiro atoms. The maximum absolute atomic E-state index is 11.0. The summed E-state index contributed by atoms with van der Waals surface area (Å²) in [7, 11) is 0. The molecule has 19 heavy (non-hydrogen) atoms. The molecule has 102 valence electrons. The van der Waals surface area contributed by atoms with Gasteiger partial charge in [0.05, 0.1) is 13.1 Å². The summed E-state index contributed by atoms with van der Waals surface area (Å²) in [6.45, 7) is 7.72. The molecule has 0 aliphatic heterocycles. The Kier molecular flexibility index (Phi) is 3.90. The Bertz CT molecular complexity index is 570. The molecule has 2 aromatic heterocycles. The Balaban J connectivity index is 1.97. The van der Waals surface area contributed by atoms with E-state index in [9.17, 15) is 4.79 Å². The van der Waals surface area contributed by atoms with Gasteiger partial charge in [0.15, 0.2) is 5.43 Å². The summed E-state index contributed by atoms with van der Waals surface area (Å²) < 4.78 is 7.67. The van der Waals surface area contributed by atoms with Gasteiger partial charge in [-0.05, 0) is 32.9 Å². The Morgan fingerprint density at radius 2 is 1.74 bits per heavy atom. The molecule has 2 aromatic rings. The van der Waals surface area contributed by atoms with Gasteiger partial charge < -0.3 is 14.3 Å². The van der Waals surface area contributed by atoms with Crippen molar-refractivity contribution in [2.75, 3.05) is 0 Å². The third kappa shape index (κ3) is 4.41. The van der Waals surface area contributed by atoms with Crippen molar-refractivity contribution in [2.45, 2.75) is 39.4 Å². The number of rotatable bonds is 4. The smallest absolute Gasteiger partial charge is 0.181 e. The molecule has 0 aliphatic carbocycles. The van der Waals surface area contributed by atoms with E-state index in [1.807, 2.05) is 16.7 Å². The molecular weight excluding hydrogens is 240 g/mol. The lowest BCUT2D eigenvalue weighted by Gasteiger charge is -2.19. The van der Waals surface area contributed by atoms with Crippen LogP contribution in [0.25, 0.3) is 0 Å². The molecule has 0 fully saturated rings. The van der Waals surface area contributed by atoms with Gasteiger partial charge >= 0.3 is 0 Å². The third-order valence-corrected chi connectivity index (χ3v) is 2.71. The number of hydrogen-bond donors (Lipinski definition) is 1. The SMILES string of the molecule is CC(C)(C)NCc1ccc(Cn2ccc(=O)cc2)o1. The summed E-state index contributed by atoms with van der Waals surface area (Å²) in [4.78, 5) is 11.0. The number of hydrogen-bond acceptors (Lipinski definition) is 3.